The summed E-state index contributed by atoms with van der Waals surface area (Å²) in [5, 5.41) is 9.15. The third kappa shape index (κ3) is 5.69. The van der Waals surface area contributed by atoms with Gasteiger partial charge >= 0.3 is 0 Å². The van der Waals surface area contributed by atoms with E-state index in [1.807, 2.05) is 6.07 Å². The van der Waals surface area contributed by atoms with Gasteiger partial charge in [-0.3, -0.25) is 8.75 Å². The molecule has 1 aromatic heterocycles. The Bertz CT molecular complexity index is 917. The number of carbonyl (C=O) groups excluding carboxylic acids is 1. The van der Waals surface area contributed by atoms with Crippen molar-refractivity contribution in [1.82, 2.24) is 3.96 Å². The van der Waals surface area contributed by atoms with Gasteiger partial charge in [0.2, 0.25) is 0 Å². The number of benzene rings is 1. The fraction of sp³-hybridized carbons (Fsp3) is 0.450. The number of rotatable bonds is 6. The smallest absolute Gasteiger partial charge is 0.282 e. The zero-order chi connectivity index (χ0) is 20.0. The van der Waals surface area contributed by atoms with Crippen LogP contribution in [0.25, 0.3) is 0 Å². The molecule has 0 spiro atoms. The molecule has 0 fully saturated rings. The lowest BCUT2D eigenvalue weighted by Crippen LogP contribution is -2.18. The molecule has 0 saturated heterocycles. The molecule has 0 radical (unpaired) electrons. The van der Waals surface area contributed by atoms with E-state index in [0.717, 1.165) is 24.8 Å². The van der Waals surface area contributed by atoms with Crippen LogP contribution >= 0.6 is 23.1 Å². The first-order valence-electron chi connectivity index (χ1n) is 8.87. The number of nitriles is 1. The molecule has 1 heterocycles. The normalized spacial score (nSPS) is 12.1. The summed E-state index contributed by atoms with van der Waals surface area (Å²) in [6.45, 7) is 8.33. The van der Waals surface area contributed by atoms with Crippen LogP contribution in [0.3, 0.4) is 0 Å². The van der Waals surface area contributed by atoms with E-state index in [1.54, 1.807) is 12.1 Å². The lowest BCUT2D eigenvalue weighted by atomic mass is 10.1. The SMILES string of the molecule is CCCCc1cn(C(C)(C)C)s/c1=N\C(=O)c1cc(Cl)ccc1OCC#N. The largest absolute Gasteiger partial charge is 0.478 e. The number of nitrogens with zero attached hydrogens (tertiary/aromatic N) is 3. The topological polar surface area (TPSA) is 67.4 Å². The zero-order valence-electron chi connectivity index (χ0n) is 16.1. The number of hydrogen-bond acceptors (Lipinski definition) is 4. The Kier molecular flexibility index (Phi) is 7.23. The predicted octanol–water partition coefficient (Wildman–Crippen LogP) is 4.94. The van der Waals surface area contributed by atoms with Gasteiger partial charge < -0.3 is 4.74 Å². The fourth-order valence-corrected chi connectivity index (χ4v) is 3.60. The molecule has 27 heavy (non-hydrogen) atoms. The van der Waals surface area contributed by atoms with Crippen LogP contribution in [0.2, 0.25) is 5.02 Å². The summed E-state index contributed by atoms with van der Waals surface area (Å²) in [6.07, 6.45) is 5.05. The highest BCUT2D eigenvalue weighted by molar-refractivity contribution is 7.04. The molecule has 2 aromatic rings. The maximum Gasteiger partial charge on any atom is 0.282 e. The van der Waals surface area contributed by atoms with Gasteiger partial charge in [-0.25, -0.2) is 0 Å². The Morgan fingerprint density at radius 1 is 1.41 bits per heavy atom. The van der Waals surface area contributed by atoms with Crippen molar-refractivity contribution in [1.29, 1.82) is 5.26 Å². The number of carbonyl (C=O) groups is 1. The number of unbranched alkanes of at least 4 members (excludes halogenated alkanes) is 1. The first kappa shape index (κ1) is 21.2. The number of hydrogen-bond donors (Lipinski definition) is 0. The number of aryl methyl sites for hydroxylation is 1. The predicted molar refractivity (Wildman–Crippen MR) is 108 cm³/mol. The van der Waals surface area contributed by atoms with E-state index in [0.29, 0.717) is 15.4 Å². The van der Waals surface area contributed by atoms with Gasteiger partial charge in [0.15, 0.2) is 6.61 Å². The van der Waals surface area contributed by atoms with Crippen LogP contribution < -0.4 is 9.41 Å². The van der Waals surface area contributed by atoms with Crippen LogP contribution in [-0.2, 0) is 12.0 Å². The van der Waals surface area contributed by atoms with E-state index in [1.165, 1.54) is 17.6 Å². The first-order chi connectivity index (χ1) is 12.8. The molecule has 0 atom stereocenters. The van der Waals surface area contributed by atoms with Gasteiger partial charge in [0.1, 0.15) is 16.5 Å². The summed E-state index contributed by atoms with van der Waals surface area (Å²) in [5.74, 6) is -0.115. The minimum absolute atomic E-state index is 0.0838. The zero-order valence-corrected chi connectivity index (χ0v) is 17.7. The first-order valence-corrected chi connectivity index (χ1v) is 10.0. The molecular weight excluding hydrogens is 382 g/mol. The van der Waals surface area contributed by atoms with Crippen molar-refractivity contribution in [3.05, 3.63) is 45.2 Å². The van der Waals surface area contributed by atoms with E-state index in [9.17, 15) is 4.79 Å². The highest BCUT2D eigenvalue weighted by atomic mass is 35.5. The third-order valence-electron chi connectivity index (χ3n) is 3.86. The Morgan fingerprint density at radius 3 is 2.78 bits per heavy atom. The lowest BCUT2D eigenvalue weighted by molar-refractivity contribution is 0.0995. The number of amides is 1. The molecule has 0 unspecified atom stereocenters. The highest BCUT2D eigenvalue weighted by Crippen LogP contribution is 2.24. The maximum absolute atomic E-state index is 12.8. The summed E-state index contributed by atoms with van der Waals surface area (Å²) in [4.78, 5) is 17.2. The van der Waals surface area contributed by atoms with Gasteiger partial charge in [0.05, 0.1) is 5.56 Å². The van der Waals surface area contributed by atoms with E-state index in [-0.39, 0.29) is 17.7 Å². The van der Waals surface area contributed by atoms with Crippen molar-refractivity contribution in [2.75, 3.05) is 6.61 Å². The molecular formula is C20H24ClN3O2S. The van der Waals surface area contributed by atoms with Crippen LogP contribution in [-0.4, -0.2) is 16.5 Å². The van der Waals surface area contributed by atoms with Gasteiger partial charge in [-0.2, -0.15) is 10.3 Å². The van der Waals surface area contributed by atoms with Crippen molar-refractivity contribution >= 4 is 29.0 Å². The quantitative estimate of drug-likeness (QED) is 0.683. The summed E-state index contributed by atoms with van der Waals surface area (Å²) >= 11 is 7.52. The fourth-order valence-electron chi connectivity index (χ4n) is 2.39. The van der Waals surface area contributed by atoms with Gasteiger partial charge in [-0.05, 0) is 63.3 Å². The molecule has 2 rings (SSSR count). The second-order valence-corrected chi connectivity index (χ2v) is 8.55. The molecule has 0 aliphatic heterocycles. The summed E-state index contributed by atoms with van der Waals surface area (Å²) in [6, 6.07) is 6.63. The van der Waals surface area contributed by atoms with Crippen molar-refractivity contribution in [2.24, 2.45) is 4.99 Å². The summed E-state index contributed by atoms with van der Waals surface area (Å²) < 4.78 is 8.18. The molecule has 5 nitrogen and oxygen atoms in total. The average Bonchev–Trinajstić information content (AvgIpc) is 3.01. The average molecular weight is 406 g/mol. The Morgan fingerprint density at radius 2 is 2.15 bits per heavy atom. The minimum Gasteiger partial charge on any atom is -0.478 e. The second-order valence-electron chi connectivity index (χ2n) is 7.16. The molecule has 0 aliphatic rings. The van der Waals surface area contributed by atoms with E-state index in [2.05, 4.69) is 42.8 Å². The second kappa shape index (κ2) is 9.20. The van der Waals surface area contributed by atoms with Crippen molar-refractivity contribution in [2.45, 2.75) is 52.5 Å². The van der Waals surface area contributed by atoms with Crippen LogP contribution in [0.4, 0.5) is 0 Å². The maximum atomic E-state index is 12.8. The molecule has 7 heteroatoms. The van der Waals surface area contributed by atoms with Crippen LogP contribution in [0.5, 0.6) is 5.75 Å². The number of halogens is 1. The van der Waals surface area contributed by atoms with Crippen molar-refractivity contribution in [3.8, 4) is 11.8 Å². The van der Waals surface area contributed by atoms with Gasteiger partial charge in [0, 0.05) is 22.3 Å². The molecule has 0 bridgehead atoms. The van der Waals surface area contributed by atoms with Crippen molar-refractivity contribution < 1.29 is 9.53 Å². The van der Waals surface area contributed by atoms with Gasteiger partial charge in [0.25, 0.3) is 5.91 Å². The van der Waals surface area contributed by atoms with E-state index < -0.39 is 5.91 Å². The molecule has 1 amide bonds. The third-order valence-corrected chi connectivity index (χ3v) is 5.47. The Labute approximate surface area is 169 Å². The number of ether oxygens (including phenoxy) is 1. The molecule has 0 N–H and O–H groups in total. The molecule has 1 aromatic carbocycles. The monoisotopic (exact) mass is 405 g/mol. The Balaban J connectivity index is 2.49. The van der Waals surface area contributed by atoms with E-state index in [4.69, 9.17) is 21.6 Å². The van der Waals surface area contributed by atoms with Gasteiger partial charge in [-0.1, -0.05) is 24.9 Å². The lowest BCUT2D eigenvalue weighted by Gasteiger charge is -2.19. The van der Waals surface area contributed by atoms with E-state index >= 15 is 0 Å². The van der Waals surface area contributed by atoms with Crippen molar-refractivity contribution in [3.63, 3.8) is 0 Å². The summed E-state index contributed by atoms with van der Waals surface area (Å²) in [7, 11) is 0. The Hall–Kier alpha value is -2.10. The molecule has 0 saturated carbocycles. The van der Waals surface area contributed by atoms with Crippen LogP contribution in [0.1, 0.15) is 56.5 Å². The summed E-state index contributed by atoms with van der Waals surface area (Å²) in [5.41, 5.74) is 1.24. The number of aromatic nitrogens is 1. The molecule has 0 aliphatic carbocycles. The van der Waals surface area contributed by atoms with Crippen LogP contribution in [0.15, 0.2) is 29.4 Å². The molecule has 144 valence electrons. The minimum atomic E-state index is -0.425. The van der Waals surface area contributed by atoms with Gasteiger partial charge in [-0.15, -0.1) is 0 Å². The van der Waals surface area contributed by atoms with Crippen LogP contribution in [0, 0.1) is 11.3 Å². The highest BCUT2D eigenvalue weighted by Gasteiger charge is 2.18. The standard InChI is InChI=1S/C20H24ClN3O2S/c1-5-6-7-14-13-24(20(2,3)4)27-19(14)23-18(25)16-12-15(21)8-9-17(16)26-11-10-22/h8-9,12-13H,5-7,11H2,1-4H3/b23-19-.